The van der Waals surface area contributed by atoms with Crippen LogP contribution in [0, 0.1) is 0 Å². The summed E-state index contributed by atoms with van der Waals surface area (Å²) in [6, 6.07) is 0. The van der Waals surface area contributed by atoms with Crippen LogP contribution < -0.4 is 11.5 Å². The molecule has 0 aromatic rings. The molecule has 28 heavy (non-hydrogen) atoms. The third-order valence-corrected chi connectivity index (χ3v) is 4.69. The fourth-order valence-electron chi connectivity index (χ4n) is 3.49. The first-order valence-corrected chi connectivity index (χ1v) is 8.52. The molecule has 4 N–H and O–H groups in total. The van der Waals surface area contributed by atoms with E-state index in [1.807, 2.05) is 0 Å². The first kappa shape index (κ1) is 25.8. The fourth-order valence-corrected chi connectivity index (χ4v) is 3.49. The number of hydrogen-bond acceptors (Lipinski definition) is 6. The molecular formula is C16H24Cl2N4O6. The molecule has 2 heterocycles. The summed E-state index contributed by atoms with van der Waals surface area (Å²) in [6.45, 7) is 0. The number of unbranched alkanes of at least 4 members (excludes halogenated alkanes) is 2. The normalized spacial score (nSPS) is 16.9. The van der Waals surface area contributed by atoms with E-state index < -0.39 is 41.1 Å². The smallest absolute Gasteiger partial charge is 0.265 e. The van der Waals surface area contributed by atoms with Crippen LogP contribution in [0.25, 0.3) is 0 Å². The largest absolute Gasteiger partial charge is 0.370 e. The zero-order chi connectivity index (χ0) is 19.5. The maximum Gasteiger partial charge on any atom is 0.265 e. The number of halogens is 2. The van der Waals surface area contributed by atoms with Gasteiger partial charge in [0.05, 0.1) is 0 Å². The quantitative estimate of drug-likeness (QED) is 0.372. The number of likely N-dealkylation sites (tertiary alicyclic amines) is 2. The minimum Gasteiger partial charge on any atom is -0.370 e. The van der Waals surface area contributed by atoms with Gasteiger partial charge in [0.1, 0.15) is 0 Å². The second-order valence-corrected chi connectivity index (χ2v) is 6.45. The molecule has 2 aliphatic rings. The molecule has 0 atom stereocenters. The van der Waals surface area contributed by atoms with E-state index in [-0.39, 0.29) is 69.8 Å². The molecule has 158 valence electrons. The van der Waals surface area contributed by atoms with Gasteiger partial charge in [-0.25, -0.2) is 9.80 Å². The average Bonchev–Trinajstić information content (AvgIpc) is 3.06. The maximum absolute atomic E-state index is 12.4. The van der Waals surface area contributed by atoms with Crippen molar-refractivity contribution in [2.75, 3.05) is 0 Å². The molecule has 0 aliphatic carbocycles. The fraction of sp³-hybridized carbons (Fsp3) is 0.625. The minimum atomic E-state index is -2.12. The van der Waals surface area contributed by atoms with E-state index in [0.717, 1.165) is 0 Å². The van der Waals surface area contributed by atoms with Crippen molar-refractivity contribution in [1.82, 2.24) is 9.80 Å². The Labute approximate surface area is 174 Å². The summed E-state index contributed by atoms with van der Waals surface area (Å²) in [5.41, 5.74) is 8.49. The standard InChI is InChI=1S/C16H22N4O6.2ClH/c17-10(21)4-2-1-3-9-16(15(18)26,19-11(22)5-6-12(19)23)20-13(24)7-8-14(20)25;;/h1-9H2,(H2,17,21)(H2,18,26);2*1H. The van der Waals surface area contributed by atoms with Gasteiger partial charge in [0.25, 0.3) is 5.91 Å². The molecular weight excluding hydrogens is 415 g/mol. The van der Waals surface area contributed by atoms with E-state index in [9.17, 15) is 28.8 Å². The van der Waals surface area contributed by atoms with Gasteiger partial charge in [0, 0.05) is 32.1 Å². The van der Waals surface area contributed by atoms with E-state index in [2.05, 4.69) is 0 Å². The van der Waals surface area contributed by atoms with E-state index in [0.29, 0.717) is 22.6 Å². The van der Waals surface area contributed by atoms with E-state index in [4.69, 9.17) is 11.5 Å². The molecule has 2 fully saturated rings. The highest BCUT2D eigenvalue weighted by atomic mass is 35.5. The topological polar surface area (TPSA) is 161 Å². The van der Waals surface area contributed by atoms with Crippen molar-refractivity contribution in [2.24, 2.45) is 11.5 Å². The summed E-state index contributed by atoms with van der Waals surface area (Å²) >= 11 is 0. The Balaban J connectivity index is 0.00000364. The Hall–Kier alpha value is -2.20. The van der Waals surface area contributed by atoms with Gasteiger partial charge in [0.2, 0.25) is 35.2 Å². The lowest BCUT2D eigenvalue weighted by Gasteiger charge is -2.43. The molecule has 10 nitrogen and oxygen atoms in total. The van der Waals surface area contributed by atoms with Gasteiger partial charge >= 0.3 is 0 Å². The Morgan fingerprint density at radius 2 is 1.14 bits per heavy atom. The summed E-state index contributed by atoms with van der Waals surface area (Å²) < 4.78 is 0. The maximum atomic E-state index is 12.4. The highest BCUT2D eigenvalue weighted by molar-refractivity contribution is 6.12. The summed E-state index contributed by atoms with van der Waals surface area (Å²) in [7, 11) is 0. The van der Waals surface area contributed by atoms with Gasteiger partial charge in [-0.3, -0.25) is 28.8 Å². The predicted molar refractivity (Wildman–Crippen MR) is 101 cm³/mol. The van der Waals surface area contributed by atoms with Crippen molar-refractivity contribution in [3.63, 3.8) is 0 Å². The molecule has 0 bridgehead atoms. The molecule has 0 aromatic carbocycles. The number of nitrogens with zero attached hydrogens (tertiary/aromatic N) is 2. The number of rotatable bonds is 9. The Morgan fingerprint density at radius 3 is 1.46 bits per heavy atom. The molecule has 12 heteroatoms. The van der Waals surface area contributed by atoms with Crippen LogP contribution in [0.15, 0.2) is 0 Å². The second-order valence-electron chi connectivity index (χ2n) is 6.45. The zero-order valence-electron chi connectivity index (χ0n) is 15.2. The van der Waals surface area contributed by atoms with Crippen LogP contribution in [-0.4, -0.2) is 50.9 Å². The third-order valence-electron chi connectivity index (χ3n) is 4.69. The van der Waals surface area contributed by atoms with E-state index in [1.165, 1.54) is 0 Å². The molecule has 2 rings (SSSR count). The predicted octanol–water partition coefficient (Wildman–Crippen LogP) is -0.255. The number of imide groups is 2. The number of carbonyl (C=O) groups excluding carboxylic acids is 6. The van der Waals surface area contributed by atoms with Crippen LogP contribution in [0.4, 0.5) is 0 Å². The van der Waals surface area contributed by atoms with E-state index >= 15 is 0 Å². The molecule has 2 aliphatic heterocycles. The van der Waals surface area contributed by atoms with Crippen LogP contribution >= 0.6 is 24.8 Å². The van der Waals surface area contributed by atoms with Crippen molar-refractivity contribution >= 4 is 60.3 Å². The number of carbonyl (C=O) groups is 6. The molecule has 0 spiro atoms. The summed E-state index contributed by atoms with van der Waals surface area (Å²) in [4.78, 5) is 73.7. The van der Waals surface area contributed by atoms with Crippen molar-refractivity contribution in [1.29, 1.82) is 0 Å². The lowest BCUT2D eigenvalue weighted by Crippen LogP contribution is -2.70. The highest BCUT2D eigenvalue weighted by Crippen LogP contribution is 2.35. The van der Waals surface area contributed by atoms with Gasteiger partial charge in [0.15, 0.2) is 0 Å². The SMILES string of the molecule is Cl.Cl.NC(=O)CCCCCC(C(N)=O)(N1C(=O)CCC1=O)N1C(=O)CCC1=O. The molecule has 0 aromatic heterocycles. The van der Waals surface area contributed by atoms with Crippen molar-refractivity contribution in [3.8, 4) is 0 Å². The van der Waals surface area contributed by atoms with Crippen LogP contribution in [0.2, 0.25) is 0 Å². The average molecular weight is 439 g/mol. The number of amides is 6. The second kappa shape index (κ2) is 10.4. The van der Waals surface area contributed by atoms with Crippen LogP contribution in [0.1, 0.15) is 57.8 Å². The third kappa shape index (κ3) is 4.79. The van der Waals surface area contributed by atoms with Gasteiger partial charge in [-0.05, 0) is 19.3 Å². The lowest BCUT2D eigenvalue weighted by molar-refractivity contribution is -0.173. The molecule has 0 unspecified atom stereocenters. The Morgan fingerprint density at radius 1 is 0.750 bits per heavy atom. The summed E-state index contributed by atoms with van der Waals surface area (Å²) in [5, 5.41) is 0. The van der Waals surface area contributed by atoms with Crippen molar-refractivity contribution in [3.05, 3.63) is 0 Å². The van der Waals surface area contributed by atoms with Crippen LogP contribution in [-0.2, 0) is 28.8 Å². The first-order chi connectivity index (χ1) is 12.2. The van der Waals surface area contributed by atoms with Crippen LogP contribution in [0.5, 0.6) is 0 Å². The highest BCUT2D eigenvalue weighted by Gasteiger charge is 2.59. The molecule has 6 amide bonds. The Kier molecular flexibility index (Phi) is 9.56. The van der Waals surface area contributed by atoms with Gasteiger partial charge in [-0.15, -0.1) is 24.8 Å². The van der Waals surface area contributed by atoms with E-state index in [1.54, 1.807) is 0 Å². The van der Waals surface area contributed by atoms with Crippen molar-refractivity contribution < 1.29 is 28.8 Å². The Bertz CT molecular complexity index is 616. The first-order valence-electron chi connectivity index (χ1n) is 8.52. The van der Waals surface area contributed by atoms with Gasteiger partial charge in [-0.1, -0.05) is 6.42 Å². The van der Waals surface area contributed by atoms with Crippen molar-refractivity contribution in [2.45, 2.75) is 63.5 Å². The molecule has 0 saturated carbocycles. The van der Waals surface area contributed by atoms with Gasteiger partial charge in [-0.2, -0.15) is 0 Å². The zero-order valence-corrected chi connectivity index (χ0v) is 16.8. The summed E-state index contributed by atoms with van der Waals surface area (Å²) in [5.74, 6) is -4.13. The van der Waals surface area contributed by atoms with Crippen LogP contribution in [0.3, 0.4) is 0 Å². The summed E-state index contributed by atoms with van der Waals surface area (Å²) in [6.07, 6.45) is 0.723. The molecule has 0 radical (unpaired) electrons. The number of primary amides is 2. The van der Waals surface area contributed by atoms with Gasteiger partial charge < -0.3 is 11.5 Å². The number of hydrogen-bond donors (Lipinski definition) is 2. The minimum absolute atomic E-state index is 0. The lowest BCUT2D eigenvalue weighted by atomic mass is 9.96. The molecule has 2 saturated heterocycles. The monoisotopic (exact) mass is 438 g/mol. The number of nitrogens with two attached hydrogens (primary N) is 2.